The van der Waals surface area contributed by atoms with Crippen molar-refractivity contribution >= 4 is 21.6 Å². The van der Waals surface area contributed by atoms with Gasteiger partial charge in [0.15, 0.2) is 0 Å². The predicted molar refractivity (Wildman–Crippen MR) is 95.5 cm³/mol. The Balaban J connectivity index is 2.15. The van der Waals surface area contributed by atoms with Crippen LogP contribution in [0.5, 0.6) is 0 Å². The van der Waals surface area contributed by atoms with Gasteiger partial charge in [-0.3, -0.25) is 4.79 Å². The molecule has 0 unspecified atom stereocenters. The first kappa shape index (κ1) is 18.9. The molecule has 1 aromatic rings. The largest absolute Gasteiger partial charge is 0.326 e. The van der Waals surface area contributed by atoms with Gasteiger partial charge in [0.2, 0.25) is 15.9 Å². The monoisotopic (exact) mass is 353 g/mol. The number of amides is 1. The fraction of sp³-hybridized carbons (Fsp3) is 0.588. The highest BCUT2D eigenvalue weighted by molar-refractivity contribution is 7.89. The van der Waals surface area contributed by atoms with Crippen molar-refractivity contribution in [3.05, 3.63) is 23.8 Å². The number of benzene rings is 1. The van der Waals surface area contributed by atoms with Crippen LogP contribution in [-0.4, -0.2) is 57.3 Å². The van der Waals surface area contributed by atoms with Crippen LogP contribution < -0.4 is 5.32 Å². The lowest BCUT2D eigenvalue weighted by atomic mass is 9.97. The van der Waals surface area contributed by atoms with Crippen molar-refractivity contribution in [2.75, 3.05) is 39.0 Å². The molecular formula is C17H27N3O3S. The molecule has 0 aliphatic carbocycles. The maximum atomic E-state index is 12.8. The van der Waals surface area contributed by atoms with Crippen LogP contribution in [0.2, 0.25) is 0 Å². The lowest BCUT2D eigenvalue weighted by molar-refractivity contribution is -0.114. The lowest BCUT2D eigenvalue weighted by Crippen LogP contribution is -2.38. The van der Waals surface area contributed by atoms with E-state index in [-0.39, 0.29) is 10.8 Å². The molecular weight excluding hydrogens is 326 g/mol. The van der Waals surface area contributed by atoms with E-state index in [0.717, 1.165) is 31.5 Å². The molecule has 7 heteroatoms. The summed E-state index contributed by atoms with van der Waals surface area (Å²) in [5.41, 5.74) is 1.37. The Morgan fingerprint density at radius 3 is 2.54 bits per heavy atom. The average molecular weight is 353 g/mol. The Labute approximate surface area is 144 Å². The molecule has 1 fully saturated rings. The van der Waals surface area contributed by atoms with E-state index in [1.54, 1.807) is 19.2 Å². The van der Waals surface area contributed by atoms with Crippen molar-refractivity contribution in [2.45, 2.75) is 31.6 Å². The Bertz CT molecular complexity index is 695. The highest BCUT2D eigenvalue weighted by Crippen LogP contribution is 2.24. The molecule has 0 spiro atoms. The predicted octanol–water partition coefficient (Wildman–Crippen LogP) is 1.92. The van der Waals surface area contributed by atoms with Gasteiger partial charge in [0, 0.05) is 26.2 Å². The van der Waals surface area contributed by atoms with E-state index < -0.39 is 10.0 Å². The summed E-state index contributed by atoms with van der Waals surface area (Å²) in [7, 11) is 0.162. The van der Waals surface area contributed by atoms with E-state index in [2.05, 4.69) is 17.3 Å². The van der Waals surface area contributed by atoms with E-state index >= 15 is 0 Å². The molecule has 1 saturated heterocycles. The summed E-state index contributed by atoms with van der Waals surface area (Å²) < 4.78 is 27.1. The van der Waals surface area contributed by atoms with E-state index in [4.69, 9.17) is 0 Å². The van der Waals surface area contributed by atoms with Crippen molar-refractivity contribution in [2.24, 2.45) is 5.92 Å². The van der Waals surface area contributed by atoms with Gasteiger partial charge in [-0.25, -0.2) is 12.7 Å². The molecule has 6 nitrogen and oxygen atoms in total. The molecule has 1 heterocycles. The number of anilines is 1. The fourth-order valence-electron chi connectivity index (χ4n) is 2.97. The minimum atomic E-state index is -3.56. The van der Waals surface area contributed by atoms with Crippen LogP contribution in [0.1, 0.15) is 25.3 Å². The number of piperidine rings is 1. The van der Waals surface area contributed by atoms with Gasteiger partial charge >= 0.3 is 0 Å². The molecule has 1 amide bonds. The molecule has 1 aromatic carbocycles. The van der Waals surface area contributed by atoms with Gasteiger partial charge in [-0.2, -0.15) is 0 Å². The maximum Gasteiger partial charge on any atom is 0.242 e. The highest BCUT2D eigenvalue weighted by atomic mass is 32.2. The van der Waals surface area contributed by atoms with Crippen molar-refractivity contribution in [3.63, 3.8) is 0 Å². The zero-order valence-corrected chi connectivity index (χ0v) is 15.7. The number of sulfonamides is 1. The number of carbonyl (C=O) groups is 1. The average Bonchev–Trinajstić information content (AvgIpc) is 2.51. The molecule has 24 heavy (non-hydrogen) atoms. The summed E-state index contributed by atoms with van der Waals surface area (Å²) in [5.74, 6) is 0.175. The number of likely N-dealkylation sites (tertiary alicyclic amines) is 1. The van der Waals surface area contributed by atoms with E-state index in [9.17, 15) is 13.2 Å². The van der Waals surface area contributed by atoms with Gasteiger partial charge in [0.25, 0.3) is 0 Å². The van der Waals surface area contributed by atoms with Crippen LogP contribution in [-0.2, 0) is 14.8 Å². The molecule has 2 rings (SSSR count). The summed E-state index contributed by atoms with van der Waals surface area (Å²) in [6, 6.07) is 4.86. The molecule has 0 radical (unpaired) electrons. The van der Waals surface area contributed by atoms with E-state index in [1.165, 1.54) is 17.3 Å². The van der Waals surface area contributed by atoms with Crippen LogP contribution in [0, 0.1) is 12.8 Å². The van der Waals surface area contributed by atoms with Gasteiger partial charge < -0.3 is 10.2 Å². The van der Waals surface area contributed by atoms with Crippen LogP contribution in [0.3, 0.4) is 0 Å². The zero-order chi connectivity index (χ0) is 17.9. The number of aryl methyl sites for hydroxylation is 1. The molecule has 0 aromatic heterocycles. The Morgan fingerprint density at radius 1 is 1.33 bits per heavy atom. The first-order valence-corrected chi connectivity index (χ1v) is 9.67. The second-order valence-corrected chi connectivity index (χ2v) is 8.73. The second kappa shape index (κ2) is 7.63. The molecule has 1 aliphatic rings. The zero-order valence-electron chi connectivity index (χ0n) is 14.9. The van der Waals surface area contributed by atoms with Crippen LogP contribution >= 0.6 is 0 Å². The third kappa shape index (κ3) is 4.55. The summed E-state index contributed by atoms with van der Waals surface area (Å²) >= 11 is 0. The normalized spacial score (nSPS) is 17.2. The fourth-order valence-corrected chi connectivity index (χ4v) is 4.25. The number of nitrogens with zero attached hydrogens (tertiary/aromatic N) is 2. The third-order valence-corrected chi connectivity index (χ3v) is 6.40. The summed E-state index contributed by atoms with van der Waals surface area (Å²) in [4.78, 5) is 13.8. The molecule has 0 atom stereocenters. The Morgan fingerprint density at radius 2 is 1.96 bits per heavy atom. The summed E-state index contributed by atoms with van der Waals surface area (Å²) in [6.07, 6.45) is 2.03. The van der Waals surface area contributed by atoms with Crippen LogP contribution in [0.4, 0.5) is 5.69 Å². The Kier molecular flexibility index (Phi) is 6.01. The number of hydrogen-bond donors (Lipinski definition) is 1. The van der Waals surface area contributed by atoms with Crippen molar-refractivity contribution in [3.8, 4) is 0 Å². The van der Waals surface area contributed by atoms with E-state index in [0.29, 0.717) is 18.2 Å². The van der Waals surface area contributed by atoms with Gasteiger partial charge in [0.1, 0.15) is 0 Å². The molecule has 134 valence electrons. The lowest BCUT2D eigenvalue weighted by Gasteiger charge is -2.31. The van der Waals surface area contributed by atoms with Gasteiger partial charge in [0.05, 0.1) is 4.90 Å². The summed E-state index contributed by atoms with van der Waals surface area (Å²) in [6.45, 7) is 5.79. The first-order valence-electron chi connectivity index (χ1n) is 8.23. The topological polar surface area (TPSA) is 69.7 Å². The molecule has 0 saturated carbocycles. The number of nitrogens with one attached hydrogen (secondary N) is 1. The highest BCUT2D eigenvalue weighted by Gasteiger charge is 2.26. The van der Waals surface area contributed by atoms with Gasteiger partial charge in [-0.05, 0) is 63.5 Å². The minimum Gasteiger partial charge on any atom is -0.326 e. The SMILES string of the molecule is CC(=O)Nc1cc(S(=O)(=O)N(C)CC2CCN(C)CC2)ccc1C. The Hall–Kier alpha value is -1.44. The number of carbonyl (C=O) groups excluding carboxylic acids is 1. The van der Waals surface area contributed by atoms with E-state index in [1.807, 2.05) is 6.92 Å². The van der Waals surface area contributed by atoms with Gasteiger partial charge in [-0.1, -0.05) is 6.07 Å². The third-order valence-electron chi connectivity index (χ3n) is 4.58. The minimum absolute atomic E-state index is 0.215. The second-order valence-electron chi connectivity index (χ2n) is 6.69. The van der Waals surface area contributed by atoms with Crippen LogP contribution in [0.15, 0.2) is 23.1 Å². The molecule has 1 aliphatic heterocycles. The first-order chi connectivity index (χ1) is 11.2. The van der Waals surface area contributed by atoms with Crippen LogP contribution in [0.25, 0.3) is 0 Å². The quantitative estimate of drug-likeness (QED) is 0.878. The molecule has 1 N–H and O–H groups in total. The number of hydrogen-bond acceptors (Lipinski definition) is 4. The van der Waals surface area contributed by atoms with Crippen molar-refractivity contribution < 1.29 is 13.2 Å². The number of rotatable bonds is 5. The smallest absolute Gasteiger partial charge is 0.242 e. The molecule has 0 bridgehead atoms. The van der Waals surface area contributed by atoms with Gasteiger partial charge in [-0.15, -0.1) is 0 Å². The summed E-state index contributed by atoms with van der Waals surface area (Å²) in [5, 5.41) is 2.68. The standard InChI is InChI=1S/C17H27N3O3S/c1-13-5-6-16(11-17(13)18-14(2)21)24(22,23)20(4)12-15-7-9-19(3)10-8-15/h5-6,11,15H,7-10,12H2,1-4H3,(H,18,21). The maximum absolute atomic E-state index is 12.8. The van der Waals surface area contributed by atoms with Crippen molar-refractivity contribution in [1.29, 1.82) is 0 Å². The van der Waals surface area contributed by atoms with Crippen molar-refractivity contribution in [1.82, 2.24) is 9.21 Å².